The maximum absolute atomic E-state index is 13.1. The monoisotopic (exact) mass is 237 g/mol. The predicted octanol–water partition coefficient (Wildman–Crippen LogP) is 3.91. The Kier molecular flexibility index (Phi) is 5.13. The van der Waals surface area contributed by atoms with E-state index in [2.05, 4.69) is 20.8 Å². The third kappa shape index (κ3) is 5.83. The third-order valence-electron chi connectivity index (χ3n) is 3.03. The van der Waals surface area contributed by atoms with Crippen molar-refractivity contribution >= 4 is 0 Å². The molecule has 1 nitrogen and oxygen atoms in total. The highest BCUT2D eigenvalue weighted by Gasteiger charge is 2.18. The summed E-state index contributed by atoms with van der Waals surface area (Å²) in [6, 6.07) is 6.73. The van der Waals surface area contributed by atoms with E-state index in [1.165, 1.54) is 12.5 Å². The van der Waals surface area contributed by atoms with Crippen molar-refractivity contribution in [3.63, 3.8) is 0 Å². The highest BCUT2D eigenvalue weighted by atomic mass is 19.1. The van der Waals surface area contributed by atoms with Crippen LogP contribution < -0.4 is 5.73 Å². The number of nitrogens with two attached hydrogens (primary N) is 1. The van der Waals surface area contributed by atoms with Crippen LogP contribution in [0.1, 0.15) is 45.6 Å². The first-order chi connectivity index (χ1) is 7.89. The molecular weight excluding hydrogens is 213 g/mol. The largest absolute Gasteiger partial charge is 0.325 e. The second-order valence-corrected chi connectivity index (χ2v) is 5.75. The van der Waals surface area contributed by atoms with Crippen molar-refractivity contribution in [2.75, 3.05) is 0 Å². The van der Waals surface area contributed by atoms with E-state index in [1.54, 1.807) is 12.1 Å². The van der Waals surface area contributed by atoms with Crippen LogP contribution in [0.25, 0.3) is 0 Å². The number of hydrogen-bond donors (Lipinski definition) is 1. The fraction of sp³-hybridized carbons (Fsp3) is 0.600. The molecule has 1 aromatic rings. The molecule has 17 heavy (non-hydrogen) atoms. The van der Waals surface area contributed by atoms with Crippen LogP contribution in [-0.4, -0.2) is 5.54 Å². The molecule has 0 heterocycles. The Morgan fingerprint density at radius 3 is 2.65 bits per heavy atom. The molecule has 0 amide bonds. The van der Waals surface area contributed by atoms with Gasteiger partial charge in [-0.3, -0.25) is 0 Å². The number of rotatable bonds is 6. The van der Waals surface area contributed by atoms with Gasteiger partial charge in [-0.1, -0.05) is 38.8 Å². The van der Waals surface area contributed by atoms with Crippen LogP contribution in [-0.2, 0) is 6.42 Å². The van der Waals surface area contributed by atoms with Gasteiger partial charge in [0.05, 0.1) is 0 Å². The number of hydrogen-bond acceptors (Lipinski definition) is 1. The molecule has 0 aliphatic heterocycles. The van der Waals surface area contributed by atoms with E-state index in [0.29, 0.717) is 0 Å². The zero-order chi connectivity index (χ0) is 12.9. The first-order valence-corrected chi connectivity index (χ1v) is 6.42. The van der Waals surface area contributed by atoms with Gasteiger partial charge in [-0.05, 0) is 43.4 Å². The SMILES string of the molecule is CC(C)CCCC(C)(N)Cc1cccc(F)c1. The molecule has 1 rings (SSSR count). The number of benzene rings is 1. The quantitative estimate of drug-likeness (QED) is 0.797. The molecule has 0 aromatic heterocycles. The molecule has 0 bridgehead atoms. The molecule has 0 fully saturated rings. The van der Waals surface area contributed by atoms with Gasteiger partial charge in [0.25, 0.3) is 0 Å². The molecule has 96 valence electrons. The molecule has 0 radical (unpaired) electrons. The first kappa shape index (κ1) is 14.2. The third-order valence-corrected chi connectivity index (χ3v) is 3.03. The first-order valence-electron chi connectivity index (χ1n) is 6.42. The minimum absolute atomic E-state index is 0.180. The van der Waals surface area contributed by atoms with Gasteiger partial charge < -0.3 is 5.73 Å². The molecule has 0 saturated heterocycles. The summed E-state index contributed by atoms with van der Waals surface area (Å²) in [6.07, 6.45) is 4.07. The highest BCUT2D eigenvalue weighted by Crippen LogP contribution is 2.19. The summed E-state index contributed by atoms with van der Waals surface area (Å²) in [5.74, 6) is 0.542. The van der Waals surface area contributed by atoms with Crippen LogP contribution in [0.5, 0.6) is 0 Å². The average molecular weight is 237 g/mol. The molecular formula is C15H24FN. The maximum Gasteiger partial charge on any atom is 0.123 e. The minimum atomic E-state index is -0.233. The van der Waals surface area contributed by atoms with E-state index in [0.717, 1.165) is 30.7 Å². The second kappa shape index (κ2) is 6.15. The van der Waals surface area contributed by atoms with Crippen LogP contribution in [0.15, 0.2) is 24.3 Å². The lowest BCUT2D eigenvalue weighted by molar-refractivity contribution is 0.391. The molecule has 0 saturated carbocycles. The molecule has 0 aliphatic rings. The molecule has 2 heteroatoms. The van der Waals surface area contributed by atoms with Gasteiger partial charge in [0.15, 0.2) is 0 Å². The van der Waals surface area contributed by atoms with E-state index < -0.39 is 0 Å². The van der Waals surface area contributed by atoms with Gasteiger partial charge in [-0.25, -0.2) is 4.39 Å². The Morgan fingerprint density at radius 1 is 1.35 bits per heavy atom. The summed E-state index contributed by atoms with van der Waals surface area (Å²) >= 11 is 0. The fourth-order valence-electron chi connectivity index (χ4n) is 2.12. The predicted molar refractivity (Wildman–Crippen MR) is 71.4 cm³/mol. The van der Waals surface area contributed by atoms with Gasteiger partial charge in [-0.2, -0.15) is 0 Å². The molecule has 1 unspecified atom stereocenters. The van der Waals surface area contributed by atoms with Crippen molar-refractivity contribution in [3.05, 3.63) is 35.6 Å². The fourth-order valence-corrected chi connectivity index (χ4v) is 2.12. The second-order valence-electron chi connectivity index (χ2n) is 5.75. The smallest absolute Gasteiger partial charge is 0.123 e. The lowest BCUT2D eigenvalue weighted by Gasteiger charge is -2.25. The van der Waals surface area contributed by atoms with Gasteiger partial charge >= 0.3 is 0 Å². The van der Waals surface area contributed by atoms with Crippen LogP contribution in [0, 0.1) is 11.7 Å². The van der Waals surface area contributed by atoms with Crippen molar-refractivity contribution in [2.24, 2.45) is 11.7 Å². The van der Waals surface area contributed by atoms with E-state index in [-0.39, 0.29) is 11.4 Å². The maximum atomic E-state index is 13.1. The summed E-state index contributed by atoms with van der Waals surface area (Å²) in [5.41, 5.74) is 7.01. The zero-order valence-corrected chi connectivity index (χ0v) is 11.2. The minimum Gasteiger partial charge on any atom is -0.325 e. The van der Waals surface area contributed by atoms with Crippen LogP contribution in [0.3, 0.4) is 0 Å². The normalized spacial score (nSPS) is 14.9. The summed E-state index contributed by atoms with van der Waals surface area (Å²) in [6.45, 7) is 6.50. The van der Waals surface area contributed by atoms with E-state index in [1.807, 2.05) is 6.07 Å². The Bertz CT molecular complexity index is 345. The Morgan fingerprint density at radius 2 is 2.06 bits per heavy atom. The lowest BCUT2D eigenvalue weighted by Crippen LogP contribution is -2.38. The van der Waals surface area contributed by atoms with Gasteiger partial charge in [0.1, 0.15) is 5.82 Å². The van der Waals surface area contributed by atoms with Crippen molar-refractivity contribution in [2.45, 2.75) is 52.0 Å². The molecule has 1 atom stereocenters. The summed E-state index contributed by atoms with van der Waals surface area (Å²) in [7, 11) is 0. The van der Waals surface area contributed by atoms with Crippen molar-refractivity contribution in [3.8, 4) is 0 Å². The van der Waals surface area contributed by atoms with E-state index in [9.17, 15) is 4.39 Å². The Balaban J connectivity index is 2.48. The van der Waals surface area contributed by atoms with Gasteiger partial charge in [-0.15, -0.1) is 0 Å². The standard InChI is InChI=1S/C15H24FN/c1-12(2)6-5-9-15(3,17)11-13-7-4-8-14(16)10-13/h4,7-8,10,12H,5-6,9,11,17H2,1-3H3. The van der Waals surface area contributed by atoms with E-state index in [4.69, 9.17) is 5.73 Å². The molecule has 1 aromatic carbocycles. The summed E-state index contributed by atoms with van der Waals surface area (Å²) in [5, 5.41) is 0. The molecule has 2 N–H and O–H groups in total. The van der Waals surface area contributed by atoms with Crippen molar-refractivity contribution in [1.29, 1.82) is 0 Å². The summed E-state index contributed by atoms with van der Waals surface area (Å²) < 4.78 is 13.1. The van der Waals surface area contributed by atoms with Crippen LogP contribution in [0.4, 0.5) is 4.39 Å². The molecule has 0 spiro atoms. The topological polar surface area (TPSA) is 26.0 Å². The molecule has 0 aliphatic carbocycles. The van der Waals surface area contributed by atoms with Gasteiger partial charge in [0, 0.05) is 5.54 Å². The Labute approximate surface area is 104 Å². The van der Waals surface area contributed by atoms with Crippen molar-refractivity contribution < 1.29 is 4.39 Å². The van der Waals surface area contributed by atoms with Gasteiger partial charge in [0.2, 0.25) is 0 Å². The number of halogens is 1. The van der Waals surface area contributed by atoms with E-state index >= 15 is 0 Å². The summed E-state index contributed by atoms with van der Waals surface area (Å²) in [4.78, 5) is 0. The van der Waals surface area contributed by atoms with Crippen LogP contribution in [0.2, 0.25) is 0 Å². The Hall–Kier alpha value is -0.890. The average Bonchev–Trinajstić information content (AvgIpc) is 2.15. The zero-order valence-electron chi connectivity index (χ0n) is 11.2. The lowest BCUT2D eigenvalue weighted by atomic mass is 9.87. The van der Waals surface area contributed by atoms with Crippen molar-refractivity contribution in [1.82, 2.24) is 0 Å². The van der Waals surface area contributed by atoms with Crippen LogP contribution >= 0.6 is 0 Å². The highest BCUT2D eigenvalue weighted by molar-refractivity contribution is 5.18.